The molecule has 2 aromatic heterocycles. The molecular formula is C13H18N2S2. The Balaban J connectivity index is 1.83. The number of nitrogens with one attached hydrogen (secondary N) is 1. The minimum Gasteiger partial charge on any atom is -0.307 e. The largest absolute Gasteiger partial charge is 0.307 e. The Labute approximate surface area is 111 Å². The molecule has 0 fully saturated rings. The van der Waals surface area contributed by atoms with Crippen LogP contribution in [0, 0.1) is 0 Å². The lowest BCUT2D eigenvalue weighted by atomic mass is 10.2. The van der Waals surface area contributed by atoms with Crippen LogP contribution in [0.25, 0.3) is 0 Å². The zero-order chi connectivity index (χ0) is 12.1. The molecule has 0 aromatic carbocycles. The maximum Gasteiger partial charge on any atom is 0.0925 e. The summed E-state index contributed by atoms with van der Waals surface area (Å²) >= 11 is 3.65. The van der Waals surface area contributed by atoms with Gasteiger partial charge in [0, 0.05) is 29.0 Å². The van der Waals surface area contributed by atoms with E-state index in [1.54, 1.807) is 0 Å². The molecule has 0 spiro atoms. The summed E-state index contributed by atoms with van der Waals surface area (Å²) in [7, 11) is 0. The molecular weight excluding hydrogens is 248 g/mol. The average molecular weight is 266 g/mol. The Morgan fingerprint density at radius 2 is 2.12 bits per heavy atom. The molecule has 0 aliphatic carbocycles. The number of nitrogens with zero attached hydrogens (tertiary/aromatic N) is 1. The van der Waals surface area contributed by atoms with Gasteiger partial charge in [-0.25, -0.2) is 4.98 Å². The van der Waals surface area contributed by atoms with E-state index in [1.165, 1.54) is 20.3 Å². The minimum atomic E-state index is 0.929. The third-order valence-electron chi connectivity index (χ3n) is 2.71. The van der Waals surface area contributed by atoms with E-state index in [0.29, 0.717) is 0 Å². The quantitative estimate of drug-likeness (QED) is 0.864. The van der Waals surface area contributed by atoms with Gasteiger partial charge in [0.1, 0.15) is 0 Å². The number of rotatable bonds is 6. The zero-order valence-electron chi connectivity index (χ0n) is 10.3. The van der Waals surface area contributed by atoms with Gasteiger partial charge < -0.3 is 5.32 Å². The molecule has 4 heteroatoms. The molecule has 92 valence electrons. The second kappa shape index (κ2) is 6.28. The van der Waals surface area contributed by atoms with Crippen LogP contribution in [0.3, 0.4) is 0 Å². The highest BCUT2D eigenvalue weighted by Crippen LogP contribution is 2.18. The number of aryl methyl sites for hydroxylation is 2. The van der Waals surface area contributed by atoms with Gasteiger partial charge in [-0.3, -0.25) is 0 Å². The fourth-order valence-electron chi connectivity index (χ4n) is 1.73. The van der Waals surface area contributed by atoms with E-state index in [4.69, 9.17) is 0 Å². The van der Waals surface area contributed by atoms with Crippen molar-refractivity contribution >= 4 is 22.7 Å². The molecule has 2 rings (SSSR count). The lowest BCUT2D eigenvalue weighted by Gasteiger charge is -2.03. The Morgan fingerprint density at radius 3 is 2.82 bits per heavy atom. The topological polar surface area (TPSA) is 24.9 Å². The predicted octanol–water partition coefficient (Wildman–Crippen LogP) is 3.62. The minimum absolute atomic E-state index is 0.929. The number of hydrogen-bond acceptors (Lipinski definition) is 4. The van der Waals surface area contributed by atoms with Gasteiger partial charge in [-0.2, -0.15) is 0 Å². The van der Waals surface area contributed by atoms with Crippen LogP contribution in [-0.4, -0.2) is 4.98 Å². The van der Waals surface area contributed by atoms with Crippen molar-refractivity contribution in [3.63, 3.8) is 0 Å². The summed E-state index contributed by atoms with van der Waals surface area (Å²) in [5, 5.41) is 6.90. The van der Waals surface area contributed by atoms with E-state index in [1.807, 2.05) is 28.9 Å². The van der Waals surface area contributed by atoms with Crippen molar-refractivity contribution in [2.24, 2.45) is 0 Å². The van der Waals surface area contributed by atoms with Crippen LogP contribution in [-0.2, 0) is 25.9 Å². The molecule has 17 heavy (non-hydrogen) atoms. The summed E-state index contributed by atoms with van der Waals surface area (Å²) in [4.78, 5) is 7.16. The van der Waals surface area contributed by atoms with Crippen LogP contribution < -0.4 is 5.32 Å². The van der Waals surface area contributed by atoms with Crippen molar-refractivity contribution in [2.45, 2.75) is 39.8 Å². The zero-order valence-corrected chi connectivity index (χ0v) is 12.0. The first-order chi connectivity index (χ1) is 8.33. The van der Waals surface area contributed by atoms with Crippen LogP contribution in [0.1, 0.15) is 34.2 Å². The first kappa shape index (κ1) is 12.7. The summed E-state index contributed by atoms with van der Waals surface area (Å²) in [6, 6.07) is 2.23. The van der Waals surface area contributed by atoms with Gasteiger partial charge in [0.15, 0.2) is 0 Å². The average Bonchev–Trinajstić information content (AvgIpc) is 2.97. The summed E-state index contributed by atoms with van der Waals surface area (Å²) in [6.07, 6.45) is 4.16. The van der Waals surface area contributed by atoms with Gasteiger partial charge in [-0.15, -0.1) is 22.7 Å². The number of hydrogen-bond donors (Lipinski definition) is 1. The standard InChI is InChI=1S/C13H18N2S2/c1-3-10-5-6-16-12(10)9-14-7-11-8-15-13(4-2)17-11/h5-6,8,14H,3-4,7,9H2,1-2H3. The molecule has 0 radical (unpaired) electrons. The lowest BCUT2D eigenvalue weighted by molar-refractivity contribution is 0.703. The first-order valence-corrected chi connectivity index (χ1v) is 7.72. The van der Waals surface area contributed by atoms with Gasteiger partial charge in [0.25, 0.3) is 0 Å². The second-order valence-electron chi connectivity index (χ2n) is 3.90. The van der Waals surface area contributed by atoms with Gasteiger partial charge in [0.05, 0.1) is 5.01 Å². The first-order valence-electron chi connectivity index (χ1n) is 6.03. The molecule has 0 saturated heterocycles. The van der Waals surface area contributed by atoms with E-state index in [9.17, 15) is 0 Å². The van der Waals surface area contributed by atoms with E-state index in [2.05, 4.69) is 35.6 Å². The van der Waals surface area contributed by atoms with Crippen LogP contribution in [0.15, 0.2) is 17.6 Å². The van der Waals surface area contributed by atoms with Crippen LogP contribution in [0.5, 0.6) is 0 Å². The van der Waals surface area contributed by atoms with Crippen LogP contribution in [0.4, 0.5) is 0 Å². The Kier molecular flexibility index (Phi) is 4.71. The maximum atomic E-state index is 4.37. The Hall–Kier alpha value is -0.710. The number of thiazole rings is 1. The van der Waals surface area contributed by atoms with E-state index < -0.39 is 0 Å². The molecule has 2 aromatic rings. The highest BCUT2D eigenvalue weighted by molar-refractivity contribution is 7.11. The van der Waals surface area contributed by atoms with Gasteiger partial charge in [-0.05, 0) is 29.9 Å². The van der Waals surface area contributed by atoms with Crippen molar-refractivity contribution in [2.75, 3.05) is 0 Å². The summed E-state index contributed by atoms with van der Waals surface area (Å²) in [5.74, 6) is 0. The predicted molar refractivity (Wildman–Crippen MR) is 75.7 cm³/mol. The summed E-state index contributed by atoms with van der Waals surface area (Å²) < 4.78 is 0. The highest BCUT2D eigenvalue weighted by atomic mass is 32.1. The van der Waals surface area contributed by atoms with Gasteiger partial charge in [0.2, 0.25) is 0 Å². The smallest absolute Gasteiger partial charge is 0.0925 e. The molecule has 0 saturated carbocycles. The summed E-state index contributed by atoms with van der Waals surface area (Å²) in [6.45, 7) is 6.26. The van der Waals surface area contributed by atoms with Crippen molar-refractivity contribution in [3.05, 3.63) is 38.0 Å². The van der Waals surface area contributed by atoms with Gasteiger partial charge in [-0.1, -0.05) is 13.8 Å². The molecule has 2 nitrogen and oxygen atoms in total. The number of aromatic nitrogens is 1. The lowest BCUT2D eigenvalue weighted by Crippen LogP contribution is -2.11. The fraction of sp³-hybridized carbons (Fsp3) is 0.462. The van der Waals surface area contributed by atoms with Crippen molar-refractivity contribution in [1.29, 1.82) is 0 Å². The highest BCUT2D eigenvalue weighted by Gasteiger charge is 2.03. The van der Waals surface area contributed by atoms with Crippen LogP contribution >= 0.6 is 22.7 Å². The van der Waals surface area contributed by atoms with E-state index in [0.717, 1.165) is 25.9 Å². The molecule has 0 aliphatic heterocycles. The third-order valence-corrected chi connectivity index (χ3v) is 4.81. The molecule has 0 bridgehead atoms. The van der Waals surface area contributed by atoms with Crippen LogP contribution in [0.2, 0.25) is 0 Å². The number of thiophene rings is 1. The molecule has 0 aliphatic rings. The monoisotopic (exact) mass is 266 g/mol. The summed E-state index contributed by atoms with van der Waals surface area (Å²) in [5.41, 5.74) is 1.47. The molecule has 2 heterocycles. The Bertz CT molecular complexity index is 459. The Morgan fingerprint density at radius 1 is 1.24 bits per heavy atom. The third kappa shape index (κ3) is 3.37. The van der Waals surface area contributed by atoms with Crippen molar-refractivity contribution in [1.82, 2.24) is 10.3 Å². The second-order valence-corrected chi connectivity index (χ2v) is 6.10. The molecule has 0 atom stereocenters. The molecule has 0 unspecified atom stereocenters. The van der Waals surface area contributed by atoms with Crippen molar-refractivity contribution < 1.29 is 0 Å². The van der Waals surface area contributed by atoms with Gasteiger partial charge >= 0.3 is 0 Å². The van der Waals surface area contributed by atoms with E-state index in [-0.39, 0.29) is 0 Å². The van der Waals surface area contributed by atoms with Crippen molar-refractivity contribution in [3.8, 4) is 0 Å². The SMILES string of the molecule is CCc1ncc(CNCc2sccc2CC)s1. The fourth-order valence-corrected chi connectivity index (χ4v) is 3.51. The normalized spacial score (nSPS) is 10.9. The van der Waals surface area contributed by atoms with E-state index >= 15 is 0 Å². The molecule has 1 N–H and O–H groups in total. The maximum absolute atomic E-state index is 4.37. The molecule has 0 amide bonds.